The molecule has 0 aromatic carbocycles. The molecular formula is C19H39. The molecule has 19 heavy (non-hydrogen) atoms. The van der Waals surface area contributed by atoms with Gasteiger partial charge in [0, 0.05) is 0 Å². The average Bonchev–Trinajstić information content (AvgIpc) is 2.44. The summed E-state index contributed by atoms with van der Waals surface area (Å²) in [7, 11) is 0. The molecule has 0 amide bonds. The standard InChI is InChI=1S/C19H39/c1-4-7-8-9-10-11-12-13-14-15-16-17-18-19(5-2)6-3/h19H,2,4-18H2,1,3H3. The SMILES string of the molecule is [CH2]CC(CC)CCCCCCCCCCCCCC. The first-order valence-corrected chi connectivity index (χ1v) is 9.14. The molecule has 0 saturated heterocycles. The van der Waals surface area contributed by atoms with Gasteiger partial charge < -0.3 is 0 Å². The lowest BCUT2D eigenvalue weighted by Gasteiger charge is -2.11. The highest BCUT2D eigenvalue weighted by atomic mass is 14.1. The maximum Gasteiger partial charge on any atom is -0.0417 e. The van der Waals surface area contributed by atoms with Crippen molar-refractivity contribution in [2.45, 2.75) is 110 Å². The van der Waals surface area contributed by atoms with Crippen molar-refractivity contribution in [3.63, 3.8) is 0 Å². The van der Waals surface area contributed by atoms with Crippen molar-refractivity contribution in [3.8, 4) is 0 Å². The third-order valence-corrected chi connectivity index (χ3v) is 4.45. The predicted molar refractivity (Wildman–Crippen MR) is 89.5 cm³/mol. The highest BCUT2D eigenvalue weighted by molar-refractivity contribution is 4.59. The van der Waals surface area contributed by atoms with Crippen molar-refractivity contribution < 1.29 is 0 Å². The molecule has 0 aromatic heterocycles. The third kappa shape index (κ3) is 14.2. The van der Waals surface area contributed by atoms with Gasteiger partial charge in [0.15, 0.2) is 0 Å². The molecule has 0 aliphatic carbocycles. The molecule has 0 rings (SSSR count). The number of unbranched alkanes of at least 4 members (excludes halogenated alkanes) is 11. The van der Waals surface area contributed by atoms with E-state index in [9.17, 15) is 0 Å². The summed E-state index contributed by atoms with van der Waals surface area (Å²) in [4.78, 5) is 0. The van der Waals surface area contributed by atoms with Crippen LogP contribution in [0.25, 0.3) is 0 Å². The summed E-state index contributed by atoms with van der Waals surface area (Å²) < 4.78 is 0. The molecule has 0 heterocycles. The lowest BCUT2D eigenvalue weighted by molar-refractivity contribution is 0.440. The van der Waals surface area contributed by atoms with Gasteiger partial charge in [-0.05, 0) is 5.92 Å². The second-order valence-electron chi connectivity index (χ2n) is 6.24. The van der Waals surface area contributed by atoms with Crippen LogP contribution in [-0.4, -0.2) is 0 Å². The van der Waals surface area contributed by atoms with Gasteiger partial charge in [0.2, 0.25) is 0 Å². The molecule has 0 fully saturated rings. The summed E-state index contributed by atoms with van der Waals surface area (Å²) in [5.41, 5.74) is 0. The Morgan fingerprint density at radius 1 is 0.632 bits per heavy atom. The molecule has 0 aliphatic heterocycles. The van der Waals surface area contributed by atoms with E-state index < -0.39 is 0 Å². The molecule has 0 spiro atoms. The van der Waals surface area contributed by atoms with E-state index in [-0.39, 0.29) is 0 Å². The largest absolute Gasteiger partial charge is 0.0654 e. The zero-order valence-electron chi connectivity index (χ0n) is 13.9. The molecule has 1 unspecified atom stereocenters. The molecular weight excluding hydrogens is 228 g/mol. The summed E-state index contributed by atoms with van der Waals surface area (Å²) in [6, 6.07) is 0. The van der Waals surface area contributed by atoms with Crippen LogP contribution in [0.5, 0.6) is 0 Å². The Bertz CT molecular complexity index is 146. The third-order valence-electron chi connectivity index (χ3n) is 4.45. The summed E-state index contributed by atoms with van der Waals surface area (Å²) in [5, 5.41) is 0. The summed E-state index contributed by atoms with van der Waals surface area (Å²) in [6.45, 7) is 8.63. The Hall–Kier alpha value is 0. The molecule has 115 valence electrons. The second-order valence-corrected chi connectivity index (χ2v) is 6.24. The maximum atomic E-state index is 4.03. The molecule has 0 aromatic rings. The molecule has 1 atom stereocenters. The fourth-order valence-electron chi connectivity index (χ4n) is 2.83. The average molecular weight is 268 g/mol. The zero-order chi connectivity index (χ0) is 14.2. The lowest BCUT2D eigenvalue weighted by atomic mass is 9.95. The van der Waals surface area contributed by atoms with Crippen LogP contribution in [0.15, 0.2) is 0 Å². The summed E-state index contributed by atoms with van der Waals surface area (Å²) in [6.07, 6.45) is 21.3. The number of hydrogen-bond acceptors (Lipinski definition) is 0. The summed E-state index contributed by atoms with van der Waals surface area (Å²) in [5.74, 6) is 0.892. The maximum absolute atomic E-state index is 4.03. The monoisotopic (exact) mass is 267 g/mol. The van der Waals surface area contributed by atoms with Crippen molar-refractivity contribution in [3.05, 3.63) is 6.92 Å². The quantitative estimate of drug-likeness (QED) is 0.272. The highest BCUT2D eigenvalue weighted by Gasteiger charge is 2.02. The van der Waals surface area contributed by atoms with E-state index in [2.05, 4.69) is 20.8 Å². The Morgan fingerprint density at radius 2 is 1.05 bits per heavy atom. The van der Waals surface area contributed by atoms with Crippen molar-refractivity contribution in [2.75, 3.05) is 0 Å². The van der Waals surface area contributed by atoms with Crippen molar-refractivity contribution in [1.82, 2.24) is 0 Å². The van der Waals surface area contributed by atoms with Crippen LogP contribution in [0.4, 0.5) is 0 Å². The van der Waals surface area contributed by atoms with Crippen molar-refractivity contribution >= 4 is 0 Å². The van der Waals surface area contributed by atoms with Crippen LogP contribution in [0, 0.1) is 12.8 Å². The topological polar surface area (TPSA) is 0 Å². The van der Waals surface area contributed by atoms with Gasteiger partial charge in [0.05, 0.1) is 0 Å². The number of rotatable bonds is 15. The fraction of sp³-hybridized carbons (Fsp3) is 0.947. The Balaban J connectivity index is 3.02. The van der Waals surface area contributed by atoms with Crippen LogP contribution < -0.4 is 0 Å². The van der Waals surface area contributed by atoms with E-state index in [0.717, 1.165) is 12.3 Å². The van der Waals surface area contributed by atoms with Crippen LogP contribution >= 0.6 is 0 Å². The second kappa shape index (κ2) is 16.1. The Labute approximate surface area is 123 Å². The lowest BCUT2D eigenvalue weighted by Crippen LogP contribution is -1.96. The first-order valence-electron chi connectivity index (χ1n) is 9.14. The van der Waals surface area contributed by atoms with Gasteiger partial charge in [-0.1, -0.05) is 117 Å². The number of hydrogen-bond donors (Lipinski definition) is 0. The molecule has 0 saturated carbocycles. The van der Waals surface area contributed by atoms with Crippen LogP contribution in [0.3, 0.4) is 0 Å². The van der Waals surface area contributed by atoms with E-state index >= 15 is 0 Å². The van der Waals surface area contributed by atoms with Crippen molar-refractivity contribution in [1.29, 1.82) is 0 Å². The van der Waals surface area contributed by atoms with Gasteiger partial charge in [-0.15, -0.1) is 0 Å². The van der Waals surface area contributed by atoms with Crippen LogP contribution in [0.1, 0.15) is 110 Å². The van der Waals surface area contributed by atoms with Gasteiger partial charge in [-0.2, -0.15) is 0 Å². The molecule has 0 N–H and O–H groups in total. The first kappa shape index (κ1) is 19.0. The smallest absolute Gasteiger partial charge is 0.0417 e. The molecule has 0 nitrogen and oxygen atoms in total. The van der Waals surface area contributed by atoms with E-state index in [1.807, 2.05) is 0 Å². The Kier molecular flexibility index (Phi) is 16.1. The minimum atomic E-state index is 0.892. The van der Waals surface area contributed by atoms with Crippen molar-refractivity contribution in [2.24, 2.45) is 5.92 Å². The van der Waals surface area contributed by atoms with Gasteiger partial charge in [-0.25, -0.2) is 0 Å². The van der Waals surface area contributed by atoms with E-state index in [0.29, 0.717) is 0 Å². The van der Waals surface area contributed by atoms with E-state index in [1.54, 1.807) is 0 Å². The van der Waals surface area contributed by atoms with E-state index in [1.165, 1.54) is 89.9 Å². The van der Waals surface area contributed by atoms with Gasteiger partial charge in [-0.3, -0.25) is 0 Å². The minimum absolute atomic E-state index is 0.892. The van der Waals surface area contributed by atoms with Crippen LogP contribution in [-0.2, 0) is 0 Å². The molecule has 0 aliphatic rings. The van der Waals surface area contributed by atoms with E-state index in [4.69, 9.17) is 0 Å². The Morgan fingerprint density at radius 3 is 1.42 bits per heavy atom. The molecule has 1 radical (unpaired) electrons. The fourth-order valence-corrected chi connectivity index (χ4v) is 2.83. The molecule has 0 heteroatoms. The summed E-state index contributed by atoms with van der Waals surface area (Å²) >= 11 is 0. The predicted octanol–water partition coefficient (Wildman–Crippen LogP) is 7.33. The van der Waals surface area contributed by atoms with Gasteiger partial charge in [0.25, 0.3) is 0 Å². The first-order chi connectivity index (χ1) is 9.35. The van der Waals surface area contributed by atoms with Crippen LogP contribution in [0.2, 0.25) is 0 Å². The molecule has 0 bridgehead atoms. The normalized spacial score (nSPS) is 11.4. The zero-order valence-corrected chi connectivity index (χ0v) is 13.9. The minimum Gasteiger partial charge on any atom is -0.0654 e. The highest BCUT2D eigenvalue weighted by Crippen LogP contribution is 2.18. The van der Waals surface area contributed by atoms with Gasteiger partial charge in [0.1, 0.15) is 0 Å². The van der Waals surface area contributed by atoms with Gasteiger partial charge >= 0.3 is 0 Å².